The number of rotatable bonds is 9. The minimum absolute atomic E-state index is 0.174. The second-order valence-corrected chi connectivity index (χ2v) is 19.4. The second kappa shape index (κ2) is 16.0. The SMILES string of the molecule is CCNC(=O)N[C@@]1(CC)C[C@@H]2CN(CCc3c([nH]c4ccc(F)cc34)[C@@](C(=O)OC)(c3cc4c(cc3OC)N(C)[C@H]3[C@@](O)(C(=O)OC)[C@H](OC(C)=O)[C@]5(CC)C=CCN6CC[C@]43[C@@H]65)C2)C1. The van der Waals surface area contributed by atoms with Gasteiger partial charge in [0.05, 0.1) is 32.9 Å². The number of nitrogens with zero attached hydrogens (tertiary/aromatic N) is 3. The number of amides is 2. The lowest BCUT2D eigenvalue weighted by Gasteiger charge is -2.63. The van der Waals surface area contributed by atoms with E-state index in [0.717, 1.165) is 11.1 Å². The zero-order valence-corrected chi connectivity index (χ0v) is 38.8. The molecule has 1 aliphatic carbocycles. The number of aliphatic hydroxyl groups is 1. The summed E-state index contributed by atoms with van der Waals surface area (Å²) in [5, 5.41) is 20.3. The zero-order chi connectivity index (χ0) is 46.4. The molecule has 350 valence electrons. The number of urea groups is 1. The number of hydrogen-bond donors (Lipinski definition) is 4. The van der Waals surface area contributed by atoms with E-state index >= 15 is 9.18 Å². The summed E-state index contributed by atoms with van der Waals surface area (Å²) in [6.07, 6.45) is 5.57. The molecular formula is C49H63FN6O9. The molecule has 0 radical (unpaired) electrons. The summed E-state index contributed by atoms with van der Waals surface area (Å²) in [5.41, 5.74) is -2.54. The van der Waals surface area contributed by atoms with Gasteiger partial charge in [-0.05, 0) is 93.3 Å². The van der Waals surface area contributed by atoms with Crippen molar-refractivity contribution < 1.29 is 47.6 Å². The molecule has 6 heterocycles. The van der Waals surface area contributed by atoms with Crippen LogP contribution < -0.4 is 20.3 Å². The third-order valence-electron chi connectivity index (χ3n) is 16.4. The van der Waals surface area contributed by atoms with Crippen molar-refractivity contribution in [2.75, 3.05) is 72.5 Å². The van der Waals surface area contributed by atoms with E-state index in [-0.39, 0.29) is 24.4 Å². The zero-order valence-electron chi connectivity index (χ0n) is 38.8. The quantitative estimate of drug-likeness (QED) is 0.135. The number of aromatic amines is 1. The number of nitrogens with one attached hydrogen (secondary N) is 3. The molecule has 16 heteroatoms. The number of piperidine rings is 1. The van der Waals surface area contributed by atoms with Crippen LogP contribution in [0.3, 0.4) is 0 Å². The average molecular weight is 899 g/mol. The number of hydrogen-bond acceptors (Lipinski definition) is 12. The molecule has 3 aromatic rings. The molecule has 2 aromatic carbocycles. The lowest BCUT2D eigenvalue weighted by molar-refractivity contribution is -0.228. The smallest absolute Gasteiger partial charge is 0.344 e. The summed E-state index contributed by atoms with van der Waals surface area (Å²) in [7, 11) is 6.00. The van der Waals surface area contributed by atoms with Crippen molar-refractivity contribution in [1.29, 1.82) is 0 Å². The molecule has 15 nitrogen and oxygen atoms in total. The number of aromatic nitrogens is 1. The molecule has 5 aliphatic heterocycles. The Morgan fingerprint density at radius 2 is 1.74 bits per heavy atom. The highest BCUT2D eigenvalue weighted by molar-refractivity contribution is 5.95. The number of methoxy groups -OCH3 is 3. The average Bonchev–Trinajstić information content (AvgIpc) is 3.95. The van der Waals surface area contributed by atoms with E-state index < -0.39 is 63.3 Å². The topological polar surface area (TPSA) is 175 Å². The first-order chi connectivity index (χ1) is 31.1. The Balaban J connectivity index is 1.34. The van der Waals surface area contributed by atoms with Gasteiger partial charge in [0.2, 0.25) is 5.60 Å². The molecule has 1 aromatic heterocycles. The highest BCUT2D eigenvalue weighted by Gasteiger charge is 2.80. The van der Waals surface area contributed by atoms with Gasteiger partial charge in [-0.3, -0.25) is 14.5 Å². The van der Waals surface area contributed by atoms with E-state index in [0.29, 0.717) is 105 Å². The number of carbonyl (C=O) groups is 4. The number of halogens is 1. The Labute approximate surface area is 379 Å². The molecule has 2 amide bonds. The summed E-state index contributed by atoms with van der Waals surface area (Å²) in [5.74, 6) is -2.29. The molecular weight excluding hydrogens is 836 g/mol. The fraction of sp³-hybridized carbons (Fsp3) is 0.592. The van der Waals surface area contributed by atoms with Crippen molar-refractivity contribution >= 4 is 40.5 Å². The van der Waals surface area contributed by atoms with Gasteiger partial charge >= 0.3 is 23.9 Å². The van der Waals surface area contributed by atoms with E-state index in [1.165, 1.54) is 33.3 Å². The first-order valence-electron chi connectivity index (χ1n) is 23.1. The van der Waals surface area contributed by atoms with E-state index in [1.54, 1.807) is 13.2 Å². The van der Waals surface area contributed by atoms with Crippen LogP contribution in [-0.2, 0) is 45.8 Å². The van der Waals surface area contributed by atoms with Crippen LogP contribution in [0.15, 0.2) is 42.5 Å². The van der Waals surface area contributed by atoms with Gasteiger partial charge in [0.25, 0.3) is 0 Å². The standard InChI is InChI=1S/C49H63FN6O9/c1-9-45(53-44(60)51-11-3)24-29-25-48(42(58)63-7,38-31(15-19-55(26-29)27-45)32-21-30(50)13-14-35(32)52-38)34-22-33-36(23-37(34)62-6)54(5)40-47(33)17-20-56-18-12-16-46(10-2,39(47)56)41(65-28(4)57)49(40,61)43(59)64-8/h12-14,16,21-23,29,39-41,52,61H,9-11,15,17-20,24-27H2,1-8H3,(H2,51,53,60)/t29-,39-,40+,41+,45-,46+,47+,48-,49-/m0/s1. The molecule has 9 rings (SSSR count). The van der Waals surface area contributed by atoms with E-state index in [9.17, 15) is 19.5 Å². The number of benzene rings is 2. The molecule has 6 aliphatic rings. The van der Waals surface area contributed by atoms with E-state index in [2.05, 4.69) is 32.3 Å². The third-order valence-corrected chi connectivity index (χ3v) is 16.4. The largest absolute Gasteiger partial charge is 0.496 e. The van der Waals surface area contributed by atoms with E-state index in [1.807, 2.05) is 50.1 Å². The molecule has 1 spiro atoms. The monoisotopic (exact) mass is 898 g/mol. The van der Waals surface area contributed by atoms with Gasteiger partial charge in [-0.15, -0.1) is 0 Å². The van der Waals surface area contributed by atoms with Crippen LogP contribution in [0.1, 0.15) is 82.2 Å². The van der Waals surface area contributed by atoms with Crippen LogP contribution in [0, 0.1) is 17.2 Å². The van der Waals surface area contributed by atoms with Crippen molar-refractivity contribution in [3.05, 3.63) is 70.7 Å². The fourth-order valence-corrected chi connectivity index (χ4v) is 14.2. The van der Waals surface area contributed by atoms with Gasteiger partial charge in [-0.25, -0.2) is 14.0 Å². The Bertz CT molecular complexity index is 2480. The maximum absolute atomic E-state index is 15.6. The van der Waals surface area contributed by atoms with Gasteiger partial charge in [0.15, 0.2) is 6.10 Å². The Hall–Kier alpha value is -5.19. The lowest BCUT2D eigenvalue weighted by Crippen LogP contribution is -2.81. The first kappa shape index (κ1) is 45.0. The van der Waals surface area contributed by atoms with Gasteiger partial charge in [-0.2, -0.15) is 0 Å². The lowest BCUT2D eigenvalue weighted by atomic mass is 9.47. The molecule has 4 N–H and O–H groups in total. The van der Waals surface area contributed by atoms with Crippen LogP contribution in [0.4, 0.5) is 14.9 Å². The molecule has 10 atom stereocenters. The number of esters is 3. The van der Waals surface area contributed by atoms with Gasteiger partial charge < -0.3 is 49.5 Å². The summed E-state index contributed by atoms with van der Waals surface area (Å²) >= 11 is 0. The molecule has 1 saturated carbocycles. The van der Waals surface area contributed by atoms with Crippen molar-refractivity contribution in [1.82, 2.24) is 25.4 Å². The van der Waals surface area contributed by atoms with Crippen molar-refractivity contribution in [3.8, 4) is 5.75 Å². The second-order valence-electron chi connectivity index (χ2n) is 19.4. The Morgan fingerprint density at radius 3 is 2.42 bits per heavy atom. The number of likely N-dealkylation sites (N-methyl/N-ethyl adjacent to an activating group) is 1. The third kappa shape index (κ3) is 6.21. The number of H-pyrrole nitrogens is 1. The van der Waals surface area contributed by atoms with Crippen LogP contribution in [0.25, 0.3) is 10.9 Å². The molecule has 2 bridgehead atoms. The first-order valence-corrected chi connectivity index (χ1v) is 23.1. The molecule has 2 saturated heterocycles. The van der Waals surface area contributed by atoms with Crippen LogP contribution in [-0.4, -0.2) is 141 Å². The Kier molecular flexibility index (Phi) is 11.1. The predicted molar refractivity (Wildman–Crippen MR) is 240 cm³/mol. The van der Waals surface area contributed by atoms with Gasteiger partial charge in [-0.1, -0.05) is 26.0 Å². The summed E-state index contributed by atoms with van der Waals surface area (Å²) in [6.45, 7) is 10.7. The molecule has 65 heavy (non-hydrogen) atoms. The summed E-state index contributed by atoms with van der Waals surface area (Å²) in [6, 6.07) is 6.95. The molecule has 3 fully saturated rings. The number of carbonyl (C=O) groups excluding carboxylic acids is 4. The normalized spacial score (nSPS) is 34.5. The summed E-state index contributed by atoms with van der Waals surface area (Å²) in [4.78, 5) is 66.7. The van der Waals surface area contributed by atoms with Gasteiger partial charge in [0, 0.05) is 97.5 Å². The van der Waals surface area contributed by atoms with Crippen LogP contribution >= 0.6 is 0 Å². The maximum atomic E-state index is 15.6. The van der Waals surface area contributed by atoms with E-state index in [4.69, 9.17) is 18.9 Å². The number of anilines is 1. The number of ether oxygens (including phenoxy) is 4. The molecule has 1 unspecified atom stereocenters. The minimum Gasteiger partial charge on any atom is -0.496 e. The predicted octanol–water partition coefficient (Wildman–Crippen LogP) is 4.46. The van der Waals surface area contributed by atoms with Crippen molar-refractivity contribution in [3.63, 3.8) is 0 Å². The van der Waals surface area contributed by atoms with Crippen molar-refractivity contribution in [2.45, 2.75) is 106 Å². The highest BCUT2D eigenvalue weighted by atomic mass is 19.1. The van der Waals surface area contributed by atoms with Crippen LogP contribution in [0.2, 0.25) is 0 Å². The van der Waals surface area contributed by atoms with Gasteiger partial charge in [0.1, 0.15) is 17.0 Å². The van der Waals surface area contributed by atoms with Crippen molar-refractivity contribution in [2.24, 2.45) is 11.3 Å². The Morgan fingerprint density at radius 1 is 0.969 bits per heavy atom. The fourth-order valence-electron chi connectivity index (χ4n) is 14.2. The number of fused-ring (bicyclic) bond motifs is 6. The van der Waals surface area contributed by atoms with Crippen LogP contribution in [0.5, 0.6) is 5.75 Å². The maximum Gasteiger partial charge on any atom is 0.344 e. The summed E-state index contributed by atoms with van der Waals surface area (Å²) < 4.78 is 39.4. The minimum atomic E-state index is -2.36. The highest BCUT2D eigenvalue weighted by Crippen LogP contribution is 2.68.